The van der Waals surface area contributed by atoms with Gasteiger partial charge in [-0.1, -0.05) is 25.1 Å². The number of phenolic OH excluding ortho intramolecular Hbond substituents is 1. The number of carboxylic acid groups (broad SMARTS) is 1. The summed E-state index contributed by atoms with van der Waals surface area (Å²) in [4.78, 5) is 10.9. The molecular formula is C14H15NO5. The van der Waals surface area contributed by atoms with E-state index in [-0.39, 0.29) is 23.1 Å². The third kappa shape index (κ3) is 2.32. The molecule has 1 aromatic heterocycles. The Hall–Kier alpha value is -2.50. The lowest BCUT2D eigenvalue weighted by molar-refractivity contribution is 0.0652. The van der Waals surface area contributed by atoms with Crippen LogP contribution in [0.3, 0.4) is 0 Å². The molecule has 20 heavy (non-hydrogen) atoms. The smallest absolute Gasteiger partial charge is 0.374 e. The van der Waals surface area contributed by atoms with E-state index in [1.165, 1.54) is 13.2 Å². The first-order chi connectivity index (χ1) is 9.45. The lowest BCUT2D eigenvalue weighted by Gasteiger charge is -2.14. The number of phenols is 1. The summed E-state index contributed by atoms with van der Waals surface area (Å²) in [5.41, 5.74) is 1.52. The van der Waals surface area contributed by atoms with Crippen LogP contribution in [0.1, 0.15) is 35.9 Å². The van der Waals surface area contributed by atoms with Gasteiger partial charge in [-0.3, -0.25) is 0 Å². The number of carboxylic acids is 1. The number of methoxy groups -OCH3 is 1. The van der Waals surface area contributed by atoms with Gasteiger partial charge in [0.1, 0.15) is 5.69 Å². The fourth-order valence-corrected chi connectivity index (χ4v) is 2.00. The van der Waals surface area contributed by atoms with E-state index < -0.39 is 5.97 Å². The highest BCUT2D eigenvalue weighted by atomic mass is 16.5. The van der Waals surface area contributed by atoms with Crippen LogP contribution in [0.2, 0.25) is 0 Å². The minimum absolute atomic E-state index is 0.0797. The zero-order valence-electron chi connectivity index (χ0n) is 11.4. The molecule has 0 aliphatic heterocycles. The van der Waals surface area contributed by atoms with Crippen LogP contribution >= 0.6 is 0 Å². The maximum Gasteiger partial charge on any atom is 0.374 e. The van der Waals surface area contributed by atoms with Gasteiger partial charge in [-0.15, -0.1) is 0 Å². The van der Waals surface area contributed by atoms with E-state index in [1.807, 2.05) is 19.9 Å². The van der Waals surface area contributed by atoms with Gasteiger partial charge in [-0.05, 0) is 17.5 Å². The second-order valence-electron chi connectivity index (χ2n) is 4.62. The molecule has 0 radical (unpaired) electrons. The highest BCUT2D eigenvalue weighted by molar-refractivity contribution is 5.86. The Labute approximate surface area is 115 Å². The third-order valence-corrected chi connectivity index (χ3v) is 2.99. The molecule has 1 aromatic carbocycles. The summed E-state index contributed by atoms with van der Waals surface area (Å²) >= 11 is 0. The average Bonchev–Trinajstić information content (AvgIpc) is 2.87. The molecule has 106 valence electrons. The number of aromatic nitrogens is 1. The fraction of sp³-hybridized carbons (Fsp3) is 0.286. The summed E-state index contributed by atoms with van der Waals surface area (Å²) in [5, 5.41) is 22.9. The number of rotatable bonds is 4. The van der Waals surface area contributed by atoms with E-state index in [2.05, 4.69) is 5.16 Å². The van der Waals surface area contributed by atoms with Crippen LogP contribution in [0.15, 0.2) is 22.7 Å². The van der Waals surface area contributed by atoms with Gasteiger partial charge in [0.25, 0.3) is 0 Å². The molecular weight excluding hydrogens is 262 g/mol. The zero-order valence-corrected chi connectivity index (χ0v) is 11.4. The number of ether oxygens (including phenoxy) is 1. The van der Waals surface area contributed by atoms with Gasteiger partial charge < -0.3 is 19.5 Å². The van der Waals surface area contributed by atoms with Crippen LogP contribution in [0.25, 0.3) is 11.3 Å². The van der Waals surface area contributed by atoms with Gasteiger partial charge in [-0.2, -0.15) is 0 Å². The Morgan fingerprint density at radius 2 is 2.10 bits per heavy atom. The minimum atomic E-state index is -1.21. The normalized spacial score (nSPS) is 10.8. The standard InChI is InChI=1S/C14H15NO5/c1-7(2)8-4-5-10(19-3)13(16)12(8)9-6-11(14(17)18)20-15-9/h4-7,16H,1-3H3,(H,17,18). The number of aromatic carboxylic acids is 1. The summed E-state index contributed by atoms with van der Waals surface area (Å²) in [6.07, 6.45) is 0. The summed E-state index contributed by atoms with van der Waals surface area (Å²) in [6.45, 7) is 3.92. The molecule has 0 fully saturated rings. The molecule has 2 rings (SSSR count). The van der Waals surface area contributed by atoms with Gasteiger partial charge >= 0.3 is 5.97 Å². The second-order valence-corrected chi connectivity index (χ2v) is 4.62. The van der Waals surface area contributed by atoms with Crippen LogP contribution in [0, 0.1) is 0 Å². The first-order valence-corrected chi connectivity index (χ1v) is 6.06. The van der Waals surface area contributed by atoms with Crippen LogP contribution in [0.5, 0.6) is 11.5 Å². The first-order valence-electron chi connectivity index (χ1n) is 6.06. The Kier molecular flexibility index (Phi) is 3.65. The Balaban J connectivity index is 2.65. The van der Waals surface area contributed by atoms with Crippen LogP contribution in [0.4, 0.5) is 0 Å². The lowest BCUT2D eigenvalue weighted by Crippen LogP contribution is -1.96. The van der Waals surface area contributed by atoms with Crippen molar-refractivity contribution < 1.29 is 24.3 Å². The molecule has 0 aliphatic rings. The number of aromatic hydroxyl groups is 1. The molecule has 0 saturated heterocycles. The van der Waals surface area contributed by atoms with E-state index in [0.29, 0.717) is 11.3 Å². The summed E-state index contributed by atoms with van der Waals surface area (Å²) in [7, 11) is 1.44. The van der Waals surface area contributed by atoms with Crippen molar-refractivity contribution in [3.05, 3.63) is 29.5 Å². The molecule has 6 heteroatoms. The van der Waals surface area contributed by atoms with Gasteiger partial charge in [0.15, 0.2) is 11.5 Å². The highest BCUT2D eigenvalue weighted by Gasteiger charge is 2.21. The molecule has 0 amide bonds. The SMILES string of the molecule is COc1ccc(C(C)C)c(-c2cc(C(=O)O)on2)c1O. The number of hydrogen-bond acceptors (Lipinski definition) is 5. The van der Waals surface area contributed by atoms with Crippen LogP contribution in [-0.2, 0) is 0 Å². The molecule has 0 aliphatic carbocycles. The van der Waals surface area contributed by atoms with Crippen molar-refractivity contribution in [2.75, 3.05) is 7.11 Å². The summed E-state index contributed by atoms with van der Waals surface area (Å²) < 4.78 is 9.81. The van der Waals surface area contributed by atoms with Crippen molar-refractivity contribution >= 4 is 5.97 Å². The Morgan fingerprint density at radius 1 is 1.40 bits per heavy atom. The molecule has 0 saturated carbocycles. The lowest BCUT2D eigenvalue weighted by atomic mass is 9.94. The molecule has 0 unspecified atom stereocenters. The number of hydrogen-bond donors (Lipinski definition) is 2. The van der Waals surface area contributed by atoms with E-state index in [9.17, 15) is 9.90 Å². The maximum atomic E-state index is 10.9. The number of carbonyl (C=O) groups is 1. The monoisotopic (exact) mass is 277 g/mol. The van der Waals surface area contributed by atoms with Crippen molar-refractivity contribution in [3.8, 4) is 22.8 Å². The number of benzene rings is 1. The van der Waals surface area contributed by atoms with E-state index in [1.54, 1.807) is 6.07 Å². The second kappa shape index (κ2) is 5.24. The van der Waals surface area contributed by atoms with Crippen molar-refractivity contribution in [1.82, 2.24) is 5.16 Å². The molecule has 2 N–H and O–H groups in total. The molecule has 1 heterocycles. The van der Waals surface area contributed by atoms with Gasteiger partial charge in [0, 0.05) is 6.07 Å². The Morgan fingerprint density at radius 3 is 2.60 bits per heavy atom. The third-order valence-electron chi connectivity index (χ3n) is 2.99. The average molecular weight is 277 g/mol. The van der Waals surface area contributed by atoms with E-state index in [4.69, 9.17) is 14.4 Å². The van der Waals surface area contributed by atoms with Crippen molar-refractivity contribution in [2.24, 2.45) is 0 Å². The molecule has 0 spiro atoms. The molecule has 0 atom stereocenters. The fourth-order valence-electron chi connectivity index (χ4n) is 2.00. The molecule has 0 bridgehead atoms. The van der Waals surface area contributed by atoms with Gasteiger partial charge in [0.05, 0.1) is 12.7 Å². The molecule has 6 nitrogen and oxygen atoms in total. The van der Waals surface area contributed by atoms with E-state index >= 15 is 0 Å². The quantitative estimate of drug-likeness (QED) is 0.892. The Bertz CT molecular complexity index is 645. The summed E-state index contributed by atoms with van der Waals surface area (Å²) in [6, 6.07) is 4.75. The predicted octanol–water partition coefficient (Wildman–Crippen LogP) is 2.88. The maximum absolute atomic E-state index is 10.9. The predicted molar refractivity (Wildman–Crippen MR) is 71.2 cm³/mol. The summed E-state index contributed by atoms with van der Waals surface area (Å²) in [5.74, 6) is -1.16. The topological polar surface area (TPSA) is 92.8 Å². The zero-order chi connectivity index (χ0) is 14.9. The highest BCUT2D eigenvalue weighted by Crippen LogP contribution is 2.41. The first kappa shape index (κ1) is 13.9. The van der Waals surface area contributed by atoms with Crippen molar-refractivity contribution in [1.29, 1.82) is 0 Å². The minimum Gasteiger partial charge on any atom is -0.504 e. The van der Waals surface area contributed by atoms with Crippen molar-refractivity contribution in [2.45, 2.75) is 19.8 Å². The van der Waals surface area contributed by atoms with Crippen molar-refractivity contribution in [3.63, 3.8) is 0 Å². The van der Waals surface area contributed by atoms with Gasteiger partial charge in [-0.25, -0.2) is 4.79 Å². The van der Waals surface area contributed by atoms with Crippen LogP contribution in [-0.4, -0.2) is 28.4 Å². The number of nitrogens with zero attached hydrogens (tertiary/aromatic N) is 1. The largest absolute Gasteiger partial charge is 0.504 e. The van der Waals surface area contributed by atoms with E-state index in [0.717, 1.165) is 5.56 Å². The van der Waals surface area contributed by atoms with Crippen LogP contribution < -0.4 is 4.74 Å². The van der Waals surface area contributed by atoms with Gasteiger partial charge in [0.2, 0.25) is 5.76 Å². The molecule has 2 aromatic rings.